The lowest BCUT2D eigenvalue weighted by Gasteiger charge is -2.12. The number of carbonyl (C=O) groups is 1. The van der Waals surface area contributed by atoms with Gasteiger partial charge in [-0.3, -0.25) is 0 Å². The topological polar surface area (TPSA) is 51.5 Å². The zero-order valence-electron chi connectivity index (χ0n) is 17.8. The van der Waals surface area contributed by atoms with Crippen molar-refractivity contribution in [3.05, 3.63) is 102 Å². The van der Waals surface area contributed by atoms with Gasteiger partial charge >= 0.3 is 5.97 Å². The van der Waals surface area contributed by atoms with E-state index in [0.717, 1.165) is 44.1 Å². The van der Waals surface area contributed by atoms with Crippen LogP contribution >= 0.6 is 0 Å². The maximum absolute atomic E-state index is 12.4. The van der Waals surface area contributed by atoms with E-state index in [1.54, 1.807) is 0 Å². The maximum Gasteiger partial charge on any atom is 0.353 e. The van der Waals surface area contributed by atoms with Gasteiger partial charge in [-0.25, -0.2) is 4.79 Å². The summed E-state index contributed by atoms with van der Waals surface area (Å²) in [6, 6.07) is 29.9. The minimum absolute atomic E-state index is 0.294. The van der Waals surface area contributed by atoms with Crippen molar-refractivity contribution in [1.29, 1.82) is 0 Å². The zero-order chi connectivity index (χ0) is 22.1. The number of hydrogen-bond donors (Lipinski definition) is 1. The lowest BCUT2D eigenvalue weighted by Crippen LogP contribution is -2.14. The van der Waals surface area contributed by atoms with Gasteiger partial charge < -0.3 is 14.4 Å². The summed E-state index contributed by atoms with van der Waals surface area (Å²) in [5.41, 5.74) is 3.94. The highest BCUT2D eigenvalue weighted by atomic mass is 16.5. The quantitative estimate of drug-likeness (QED) is 0.338. The van der Waals surface area contributed by atoms with Crippen LogP contribution in [0.3, 0.4) is 0 Å². The molecule has 1 N–H and O–H groups in total. The van der Waals surface area contributed by atoms with Crippen LogP contribution in [0.25, 0.3) is 32.8 Å². The van der Waals surface area contributed by atoms with Crippen LogP contribution in [0.1, 0.15) is 16.1 Å². The molecule has 4 aromatic carbocycles. The molecular weight excluding hydrogens is 398 g/mol. The van der Waals surface area contributed by atoms with Gasteiger partial charge in [0.15, 0.2) is 0 Å². The molecule has 4 nitrogen and oxygen atoms in total. The highest BCUT2D eigenvalue weighted by molar-refractivity contribution is 6.08. The van der Waals surface area contributed by atoms with Crippen molar-refractivity contribution < 1.29 is 14.6 Å². The fourth-order valence-corrected chi connectivity index (χ4v) is 4.40. The molecule has 0 radical (unpaired) electrons. The van der Waals surface area contributed by atoms with E-state index in [-0.39, 0.29) is 0 Å². The van der Waals surface area contributed by atoms with Crippen LogP contribution in [0.5, 0.6) is 5.75 Å². The summed E-state index contributed by atoms with van der Waals surface area (Å²) in [5.74, 6) is -0.165. The van der Waals surface area contributed by atoms with Crippen molar-refractivity contribution in [3.8, 4) is 16.9 Å². The number of rotatable bonds is 6. The number of benzene rings is 4. The van der Waals surface area contributed by atoms with E-state index in [1.807, 2.05) is 90.4 Å². The van der Waals surface area contributed by atoms with Gasteiger partial charge in [-0.05, 0) is 47.0 Å². The lowest BCUT2D eigenvalue weighted by atomic mass is 9.97. The van der Waals surface area contributed by atoms with Crippen molar-refractivity contribution in [1.82, 2.24) is 4.57 Å². The van der Waals surface area contributed by atoms with Crippen LogP contribution < -0.4 is 4.74 Å². The third-order valence-electron chi connectivity index (χ3n) is 5.89. The number of aromatic nitrogens is 1. The molecule has 5 rings (SSSR count). The molecule has 0 fully saturated rings. The number of nitrogens with zero attached hydrogens (tertiary/aromatic N) is 1. The number of hydrogen-bond acceptors (Lipinski definition) is 2. The maximum atomic E-state index is 12.4. The largest absolute Gasteiger partial charge is 0.492 e. The van der Waals surface area contributed by atoms with Gasteiger partial charge in [0.25, 0.3) is 0 Å². The fraction of sp³-hybridized carbons (Fsp3) is 0.107. The summed E-state index contributed by atoms with van der Waals surface area (Å²) in [6.07, 6.45) is 0. The molecule has 0 saturated carbocycles. The van der Waals surface area contributed by atoms with Crippen molar-refractivity contribution in [2.75, 3.05) is 6.61 Å². The van der Waals surface area contributed by atoms with E-state index in [9.17, 15) is 9.90 Å². The SMILES string of the molecule is Cc1ccccc1-c1c(C(=O)O)n(CCOc2ccc3ccccc3c2)c2ccccc12. The Morgan fingerprint density at radius 2 is 1.59 bits per heavy atom. The Morgan fingerprint density at radius 3 is 2.41 bits per heavy atom. The van der Waals surface area contributed by atoms with E-state index in [0.29, 0.717) is 18.8 Å². The normalized spacial score (nSPS) is 11.2. The van der Waals surface area contributed by atoms with Crippen molar-refractivity contribution >= 4 is 27.6 Å². The molecule has 1 heterocycles. The van der Waals surface area contributed by atoms with Crippen molar-refractivity contribution in [2.24, 2.45) is 0 Å². The summed E-state index contributed by atoms with van der Waals surface area (Å²) in [5, 5.41) is 13.4. The number of aryl methyl sites for hydroxylation is 1. The predicted octanol–water partition coefficient (Wildman–Crippen LogP) is 6.55. The van der Waals surface area contributed by atoms with Crippen molar-refractivity contribution in [3.63, 3.8) is 0 Å². The molecule has 5 aromatic rings. The predicted molar refractivity (Wildman–Crippen MR) is 129 cm³/mol. The number of fused-ring (bicyclic) bond motifs is 2. The number of carboxylic acid groups (broad SMARTS) is 1. The van der Waals surface area contributed by atoms with Gasteiger partial charge in [-0.1, -0.05) is 72.8 Å². The van der Waals surface area contributed by atoms with Gasteiger partial charge in [0, 0.05) is 16.5 Å². The molecule has 4 heteroatoms. The first kappa shape index (κ1) is 19.9. The summed E-state index contributed by atoms with van der Waals surface area (Å²) >= 11 is 0. The molecule has 0 amide bonds. The van der Waals surface area contributed by atoms with E-state index in [4.69, 9.17) is 4.74 Å². The number of ether oxygens (including phenoxy) is 1. The molecule has 1 aromatic heterocycles. The average molecular weight is 421 g/mol. The van der Waals surface area contributed by atoms with E-state index >= 15 is 0 Å². The summed E-state index contributed by atoms with van der Waals surface area (Å²) in [6.45, 7) is 2.81. The summed E-state index contributed by atoms with van der Waals surface area (Å²) in [7, 11) is 0. The Labute approximate surface area is 186 Å². The van der Waals surface area contributed by atoms with Crippen LogP contribution in [-0.2, 0) is 6.54 Å². The standard InChI is InChI=1S/C28H23NO3/c1-19-8-2-5-11-23(19)26-24-12-6-7-13-25(24)29(27(26)28(30)31)16-17-32-22-15-14-20-9-3-4-10-21(20)18-22/h2-15,18H,16-17H2,1H3,(H,30,31). The number of para-hydroxylation sites is 1. The Hall–Kier alpha value is -4.05. The number of aromatic carboxylic acids is 1. The minimum atomic E-state index is -0.940. The molecule has 0 aliphatic carbocycles. The molecule has 0 bridgehead atoms. The van der Waals surface area contributed by atoms with E-state index in [2.05, 4.69) is 12.1 Å². The summed E-state index contributed by atoms with van der Waals surface area (Å²) in [4.78, 5) is 12.4. The second-order valence-corrected chi connectivity index (χ2v) is 7.87. The fourth-order valence-electron chi connectivity index (χ4n) is 4.40. The van der Waals surface area contributed by atoms with Gasteiger partial charge in [0.2, 0.25) is 0 Å². The van der Waals surface area contributed by atoms with Crippen LogP contribution in [0.2, 0.25) is 0 Å². The summed E-state index contributed by atoms with van der Waals surface area (Å²) < 4.78 is 7.89. The third kappa shape index (κ3) is 3.50. The molecule has 0 spiro atoms. The molecule has 32 heavy (non-hydrogen) atoms. The Bertz CT molecular complexity index is 1450. The van der Waals surface area contributed by atoms with Gasteiger partial charge in [-0.2, -0.15) is 0 Å². The number of carboxylic acids is 1. The lowest BCUT2D eigenvalue weighted by molar-refractivity contribution is 0.0685. The van der Waals surface area contributed by atoms with Gasteiger partial charge in [-0.15, -0.1) is 0 Å². The van der Waals surface area contributed by atoms with Crippen LogP contribution in [-0.4, -0.2) is 22.2 Å². The van der Waals surface area contributed by atoms with E-state index in [1.165, 1.54) is 0 Å². The highest BCUT2D eigenvalue weighted by Crippen LogP contribution is 2.36. The Kier molecular flexibility index (Phi) is 5.12. The van der Waals surface area contributed by atoms with Crippen LogP contribution in [0, 0.1) is 6.92 Å². The molecule has 0 unspecified atom stereocenters. The Balaban J connectivity index is 1.52. The first-order chi connectivity index (χ1) is 15.6. The highest BCUT2D eigenvalue weighted by Gasteiger charge is 2.24. The third-order valence-corrected chi connectivity index (χ3v) is 5.89. The molecule has 0 saturated heterocycles. The average Bonchev–Trinajstić information content (AvgIpc) is 3.14. The van der Waals surface area contributed by atoms with Gasteiger partial charge in [0.1, 0.15) is 18.1 Å². The first-order valence-electron chi connectivity index (χ1n) is 10.7. The molecule has 158 valence electrons. The van der Waals surface area contributed by atoms with Crippen molar-refractivity contribution in [2.45, 2.75) is 13.5 Å². The first-order valence-corrected chi connectivity index (χ1v) is 10.7. The molecule has 0 atom stereocenters. The monoisotopic (exact) mass is 421 g/mol. The van der Waals surface area contributed by atoms with Crippen LogP contribution in [0.15, 0.2) is 91.0 Å². The van der Waals surface area contributed by atoms with E-state index < -0.39 is 5.97 Å². The molecule has 0 aliphatic heterocycles. The second-order valence-electron chi connectivity index (χ2n) is 7.87. The molecule has 0 aliphatic rings. The smallest absolute Gasteiger partial charge is 0.353 e. The molecular formula is C28H23NO3. The Morgan fingerprint density at radius 1 is 0.875 bits per heavy atom. The van der Waals surface area contributed by atoms with Gasteiger partial charge in [0.05, 0.1) is 6.54 Å². The zero-order valence-corrected chi connectivity index (χ0v) is 17.8. The second kappa shape index (κ2) is 8.23. The minimum Gasteiger partial charge on any atom is -0.492 e. The van der Waals surface area contributed by atoms with Crippen LogP contribution in [0.4, 0.5) is 0 Å².